The summed E-state index contributed by atoms with van der Waals surface area (Å²) in [4.78, 5) is 33.2. The van der Waals surface area contributed by atoms with Gasteiger partial charge in [0.25, 0.3) is 5.78 Å². The van der Waals surface area contributed by atoms with Gasteiger partial charge in [-0.2, -0.15) is 0 Å². The van der Waals surface area contributed by atoms with E-state index in [-0.39, 0.29) is 11.3 Å². The SMILES string of the molecule is CCOc1ccc(C2C(=C(O)c3cc(C)ccc3C)C(=O)C(=O)N2c2nc3ccc(OCC)cc3s2)cc1. The number of amides is 1. The number of rotatable bonds is 7. The van der Waals surface area contributed by atoms with Crippen LogP contribution in [0.4, 0.5) is 5.13 Å². The maximum Gasteiger partial charge on any atom is 0.301 e. The van der Waals surface area contributed by atoms with E-state index in [1.165, 1.54) is 16.2 Å². The van der Waals surface area contributed by atoms with Crippen molar-refractivity contribution in [3.63, 3.8) is 0 Å². The zero-order valence-corrected chi connectivity index (χ0v) is 22.5. The molecule has 4 aromatic rings. The maximum absolute atomic E-state index is 13.6. The molecular formula is C30H28N2O5S. The standard InChI is InChI=1S/C30H28N2O5S/c1-5-36-20-11-9-19(10-12-20)26-25(27(33)22-15-17(3)7-8-18(22)4)28(34)29(35)32(26)30-31-23-14-13-21(37-6-2)16-24(23)38-30/h7-16,26,33H,5-6H2,1-4H3. The Morgan fingerprint density at radius 3 is 2.34 bits per heavy atom. The van der Waals surface area contributed by atoms with Crippen molar-refractivity contribution in [2.75, 3.05) is 18.1 Å². The van der Waals surface area contributed by atoms with Gasteiger partial charge in [0.05, 0.1) is 35.0 Å². The molecule has 8 heteroatoms. The van der Waals surface area contributed by atoms with Gasteiger partial charge in [-0.3, -0.25) is 14.5 Å². The van der Waals surface area contributed by atoms with Gasteiger partial charge in [-0.05, 0) is 75.2 Å². The van der Waals surface area contributed by atoms with Crippen molar-refractivity contribution in [3.8, 4) is 11.5 Å². The van der Waals surface area contributed by atoms with Crippen LogP contribution in [0.3, 0.4) is 0 Å². The fraction of sp³-hybridized carbons (Fsp3) is 0.233. The number of aromatic nitrogens is 1. The number of benzene rings is 3. The molecule has 1 N–H and O–H groups in total. The fourth-order valence-electron chi connectivity index (χ4n) is 4.65. The van der Waals surface area contributed by atoms with Crippen LogP contribution in [0, 0.1) is 13.8 Å². The van der Waals surface area contributed by atoms with Gasteiger partial charge in [-0.1, -0.05) is 41.2 Å². The molecule has 1 fully saturated rings. The van der Waals surface area contributed by atoms with Gasteiger partial charge < -0.3 is 14.6 Å². The summed E-state index contributed by atoms with van der Waals surface area (Å²) in [7, 11) is 0. The first kappa shape index (κ1) is 25.5. The first-order valence-electron chi connectivity index (χ1n) is 12.5. The highest BCUT2D eigenvalue weighted by atomic mass is 32.1. The Hall–Kier alpha value is -4.17. The van der Waals surface area contributed by atoms with Crippen LogP contribution < -0.4 is 14.4 Å². The number of fused-ring (bicyclic) bond motifs is 1. The summed E-state index contributed by atoms with van der Waals surface area (Å²) in [5, 5.41) is 11.9. The van der Waals surface area contributed by atoms with Crippen molar-refractivity contribution in [2.24, 2.45) is 0 Å². The molecule has 0 aliphatic carbocycles. The Morgan fingerprint density at radius 1 is 0.947 bits per heavy atom. The molecule has 1 aliphatic rings. The number of Topliss-reactive ketones (excluding diaryl/α,β-unsaturated/α-hetero) is 1. The van der Waals surface area contributed by atoms with E-state index in [2.05, 4.69) is 4.98 Å². The van der Waals surface area contributed by atoms with E-state index in [0.717, 1.165) is 15.8 Å². The van der Waals surface area contributed by atoms with Crippen molar-refractivity contribution in [2.45, 2.75) is 33.7 Å². The van der Waals surface area contributed by atoms with Crippen LogP contribution in [0.25, 0.3) is 16.0 Å². The van der Waals surface area contributed by atoms with E-state index in [1.54, 1.807) is 12.1 Å². The number of thiazole rings is 1. The number of aliphatic hydroxyl groups excluding tert-OH is 1. The Kier molecular flexibility index (Phi) is 6.91. The third kappa shape index (κ3) is 4.52. The van der Waals surface area contributed by atoms with Gasteiger partial charge in [0.2, 0.25) is 0 Å². The van der Waals surface area contributed by atoms with Gasteiger partial charge in [0.15, 0.2) is 5.13 Å². The molecule has 0 saturated carbocycles. The zero-order valence-electron chi connectivity index (χ0n) is 21.6. The van der Waals surface area contributed by atoms with Gasteiger partial charge >= 0.3 is 5.91 Å². The normalized spacial score (nSPS) is 16.8. The van der Waals surface area contributed by atoms with Crippen LogP contribution in [0.2, 0.25) is 0 Å². The molecule has 1 aromatic heterocycles. The Bertz CT molecular complexity index is 1570. The van der Waals surface area contributed by atoms with Crippen molar-refractivity contribution < 1.29 is 24.2 Å². The molecule has 1 unspecified atom stereocenters. The molecule has 1 aliphatic heterocycles. The number of aliphatic hydroxyl groups is 1. The second-order valence-corrected chi connectivity index (χ2v) is 10.1. The van der Waals surface area contributed by atoms with Crippen LogP contribution in [-0.4, -0.2) is 35.0 Å². The molecule has 3 aromatic carbocycles. The molecule has 1 atom stereocenters. The molecule has 1 amide bonds. The van der Waals surface area contributed by atoms with Crippen molar-refractivity contribution >= 4 is 44.1 Å². The number of aryl methyl sites for hydroxylation is 2. The summed E-state index contributed by atoms with van der Waals surface area (Å²) in [5.41, 5.74) is 3.63. The molecule has 0 spiro atoms. The largest absolute Gasteiger partial charge is 0.507 e. The van der Waals surface area contributed by atoms with Crippen LogP contribution >= 0.6 is 11.3 Å². The average Bonchev–Trinajstić information content (AvgIpc) is 3.43. The molecule has 7 nitrogen and oxygen atoms in total. The molecule has 1 saturated heterocycles. The summed E-state index contributed by atoms with van der Waals surface area (Å²) in [6.45, 7) is 8.63. The van der Waals surface area contributed by atoms with E-state index in [4.69, 9.17) is 9.47 Å². The lowest BCUT2D eigenvalue weighted by Crippen LogP contribution is -2.29. The molecule has 194 valence electrons. The Morgan fingerprint density at radius 2 is 1.63 bits per heavy atom. The lowest BCUT2D eigenvalue weighted by molar-refractivity contribution is -0.132. The number of nitrogens with zero attached hydrogens (tertiary/aromatic N) is 2. The minimum absolute atomic E-state index is 0.0297. The summed E-state index contributed by atoms with van der Waals surface area (Å²) in [6.07, 6.45) is 0. The van der Waals surface area contributed by atoms with E-state index in [1.807, 2.05) is 76.2 Å². The second kappa shape index (κ2) is 10.3. The lowest BCUT2D eigenvalue weighted by atomic mass is 9.93. The number of anilines is 1. The van der Waals surface area contributed by atoms with E-state index in [0.29, 0.717) is 46.5 Å². The fourth-order valence-corrected chi connectivity index (χ4v) is 5.67. The summed E-state index contributed by atoms with van der Waals surface area (Å²) in [6, 6.07) is 17.5. The van der Waals surface area contributed by atoms with Gasteiger partial charge in [0, 0.05) is 5.56 Å². The first-order chi connectivity index (χ1) is 18.3. The highest BCUT2D eigenvalue weighted by Crippen LogP contribution is 2.45. The summed E-state index contributed by atoms with van der Waals surface area (Å²) < 4.78 is 12.0. The van der Waals surface area contributed by atoms with Crippen LogP contribution in [0.15, 0.2) is 66.2 Å². The van der Waals surface area contributed by atoms with E-state index >= 15 is 0 Å². The average molecular weight is 529 g/mol. The Balaban J connectivity index is 1.70. The van der Waals surface area contributed by atoms with Crippen molar-refractivity contribution in [1.82, 2.24) is 4.98 Å². The van der Waals surface area contributed by atoms with Crippen LogP contribution in [-0.2, 0) is 9.59 Å². The Labute approximate surface area is 225 Å². The molecule has 5 rings (SSSR count). The summed E-state index contributed by atoms with van der Waals surface area (Å²) >= 11 is 1.30. The second-order valence-electron chi connectivity index (χ2n) is 9.05. The monoisotopic (exact) mass is 528 g/mol. The first-order valence-corrected chi connectivity index (χ1v) is 13.3. The molecule has 0 radical (unpaired) electrons. The minimum atomic E-state index is -0.863. The van der Waals surface area contributed by atoms with Crippen LogP contribution in [0.1, 0.15) is 42.1 Å². The lowest BCUT2D eigenvalue weighted by Gasteiger charge is -2.23. The predicted octanol–water partition coefficient (Wildman–Crippen LogP) is 6.34. The number of carbonyl (C=O) groups is 2. The van der Waals surface area contributed by atoms with Gasteiger partial charge in [-0.15, -0.1) is 0 Å². The number of hydrogen-bond acceptors (Lipinski definition) is 7. The highest BCUT2D eigenvalue weighted by molar-refractivity contribution is 7.22. The minimum Gasteiger partial charge on any atom is -0.507 e. The van der Waals surface area contributed by atoms with Crippen molar-refractivity contribution in [1.29, 1.82) is 0 Å². The van der Waals surface area contributed by atoms with E-state index in [9.17, 15) is 14.7 Å². The molecule has 2 heterocycles. The van der Waals surface area contributed by atoms with Crippen molar-refractivity contribution in [3.05, 3.63) is 88.5 Å². The summed E-state index contributed by atoms with van der Waals surface area (Å²) in [5.74, 6) is -0.316. The molecular weight excluding hydrogens is 500 g/mol. The number of hydrogen-bond donors (Lipinski definition) is 1. The number of ether oxygens (including phenoxy) is 2. The van der Waals surface area contributed by atoms with E-state index < -0.39 is 17.7 Å². The third-order valence-corrected chi connectivity index (χ3v) is 7.48. The quantitative estimate of drug-likeness (QED) is 0.171. The third-order valence-electron chi connectivity index (χ3n) is 6.47. The predicted molar refractivity (Wildman–Crippen MR) is 149 cm³/mol. The zero-order chi connectivity index (χ0) is 27.0. The highest BCUT2D eigenvalue weighted by Gasteiger charge is 2.48. The molecule has 0 bridgehead atoms. The smallest absolute Gasteiger partial charge is 0.301 e. The number of ketones is 1. The number of carbonyl (C=O) groups excluding carboxylic acids is 2. The van der Waals surface area contributed by atoms with Crippen LogP contribution in [0.5, 0.6) is 11.5 Å². The maximum atomic E-state index is 13.6. The topological polar surface area (TPSA) is 89.0 Å². The van der Waals surface area contributed by atoms with Gasteiger partial charge in [-0.25, -0.2) is 4.98 Å². The van der Waals surface area contributed by atoms with Gasteiger partial charge in [0.1, 0.15) is 17.3 Å². The molecule has 38 heavy (non-hydrogen) atoms.